The van der Waals surface area contributed by atoms with Crippen LogP contribution in [0.25, 0.3) is 22.2 Å². The van der Waals surface area contributed by atoms with E-state index in [9.17, 15) is 10.1 Å². The van der Waals surface area contributed by atoms with Crippen molar-refractivity contribution < 1.29 is 28.3 Å². The van der Waals surface area contributed by atoms with Crippen LogP contribution in [0.15, 0.2) is 52.9 Å². The van der Waals surface area contributed by atoms with Gasteiger partial charge in [-0.1, -0.05) is 18.2 Å². The molecule has 0 unspecified atom stereocenters. The second kappa shape index (κ2) is 9.07. The Morgan fingerprint density at radius 1 is 0.909 bits per heavy atom. The van der Waals surface area contributed by atoms with E-state index in [2.05, 4.69) is 4.98 Å². The third kappa shape index (κ3) is 4.12. The van der Waals surface area contributed by atoms with Crippen LogP contribution in [0.1, 0.15) is 11.5 Å². The highest BCUT2D eigenvalue weighted by Crippen LogP contribution is 2.39. The molecule has 0 saturated heterocycles. The zero-order valence-corrected chi connectivity index (χ0v) is 18.6. The highest BCUT2D eigenvalue weighted by atomic mass is 16.6. The molecule has 0 aliphatic rings. The van der Waals surface area contributed by atoms with Crippen molar-refractivity contribution in [2.75, 3.05) is 28.4 Å². The number of oxazole rings is 1. The fourth-order valence-corrected chi connectivity index (χ4v) is 3.71. The number of hydrogen-bond acceptors (Lipinski definition) is 8. The minimum absolute atomic E-state index is 0.121. The monoisotopic (exact) mass is 450 g/mol. The standard InChI is InChI=1S/C24H22N2O7/c1-29-19-9-8-15(13-18(19)26(27)28)16-6-5-7-17-23(16)33-22(25-17)12-14-10-20(30-2)24(32-4)21(11-14)31-3/h5-11,13H,12H2,1-4H3. The smallest absolute Gasteiger partial charge is 0.311 e. The topological polar surface area (TPSA) is 106 Å². The molecule has 9 nitrogen and oxygen atoms in total. The van der Waals surface area contributed by atoms with Crippen molar-refractivity contribution in [2.24, 2.45) is 0 Å². The van der Waals surface area contributed by atoms with Crippen molar-refractivity contribution in [1.82, 2.24) is 4.98 Å². The molecule has 170 valence electrons. The maximum Gasteiger partial charge on any atom is 0.311 e. The molecule has 0 saturated carbocycles. The molecule has 33 heavy (non-hydrogen) atoms. The van der Waals surface area contributed by atoms with Gasteiger partial charge in [-0.05, 0) is 35.4 Å². The summed E-state index contributed by atoms with van der Waals surface area (Å²) in [6.45, 7) is 0. The van der Waals surface area contributed by atoms with Crippen LogP contribution in [0, 0.1) is 10.1 Å². The zero-order chi connectivity index (χ0) is 23.5. The summed E-state index contributed by atoms with van der Waals surface area (Å²) in [5.74, 6) is 2.25. The second-order valence-corrected chi connectivity index (χ2v) is 7.12. The van der Waals surface area contributed by atoms with Gasteiger partial charge in [-0.2, -0.15) is 0 Å². The molecule has 0 N–H and O–H groups in total. The summed E-state index contributed by atoms with van der Waals surface area (Å²) in [6, 6.07) is 14.0. The summed E-state index contributed by atoms with van der Waals surface area (Å²) in [5.41, 5.74) is 3.25. The largest absolute Gasteiger partial charge is 0.493 e. The lowest BCUT2D eigenvalue weighted by Gasteiger charge is -2.13. The molecular weight excluding hydrogens is 428 g/mol. The summed E-state index contributed by atoms with van der Waals surface area (Å²) in [7, 11) is 6.06. The number of benzene rings is 3. The van der Waals surface area contributed by atoms with Crippen LogP contribution < -0.4 is 18.9 Å². The lowest BCUT2D eigenvalue weighted by molar-refractivity contribution is -0.385. The van der Waals surface area contributed by atoms with Gasteiger partial charge in [0.1, 0.15) is 5.52 Å². The Morgan fingerprint density at radius 2 is 1.61 bits per heavy atom. The Kier molecular flexibility index (Phi) is 6.03. The van der Waals surface area contributed by atoms with E-state index in [-0.39, 0.29) is 11.4 Å². The molecule has 4 rings (SSSR count). The Bertz CT molecular complexity index is 1300. The number of rotatable bonds is 8. The molecule has 0 radical (unpaired) electrons. The summed E-state index contributed by atoms with van der Waals surface area (Å²) >= 11 is 0. The average Bonchev–Trinajstić information content (AvgIpc) is 3.25. The SMILES string of the molecule is COc1ccc(-c2cccc3nc(Cc4cc(OC)c(OC)c(OC)c4)oc23)cc1[N+](=O)[O-]. The number of hydrogen-bond donors (Lipinski definition) is 0. The van der Waals surface area contributed by atoms with Gasteiger partial charge < -0.3 is 23.4 Å². The predicted octanol–water partition coefficient (Wildman–Crippen LogP) is 5.03. The fraction of sp³-hybridized carbons (Fsp3) is 0.208. The van der Waals surface area contributed by atoms with Crippen molar-refractivity contribution >= 4 is 16.8 Å². The molecule has 1 heterocycles. The summed E-state index contributed by atoms with van der Waals surface area (Å²) in [5, 5.41) is 11.4. The van der Waals surface area contributed by atoms with E-state index in [0.717, 1.165) is 5.56 Å². The van der Waals surface area contributed by atoms with Crippen molar-refractivity contribution in [3.63, 3.8) is 0 Å². The molecule has 0 aliphatic heterocycles. The number of ether oxygens (including phenoxy) is 4. The van der Waals surface area contributed by atoms with Crippen molar-refractivity contribution in [3.05, 3.63) is 70.1 Å². The van der Waals surface area contributed by atoms with Gasteiger partial charge in [-0.25, -0.2) is 4.98 Å². The van der Waals surface area contributed by atoms with Gasteiger partial charge in [0.25, 0.3) is 0 Å². The molecule has 0 amide bonds. The van der Waals surface area contributed by atoms with E-state index in [4.69, 9.17) is 23.4 Å². The normalized spacial score (nSPS) is 10.8. The van der Waals surface area contributed by atoms with Gasteiger partial charge in [0, 0.05) is 18.1 Å². The van der Waals surface area contributed by atoms with Crippen LogP contribution in [0.4, 0.5) is 5.69 Å². The number of nitrogens with zero attached hydrogens (tertiary/aromatic N) is 2. The number of nitro benzene ring substituents is 1. The van der Waals surface area contributed by atoms with Gasteiger partial charge in [0.05, 0.1) is 33.4 Å². The van der Waals surface area contributed by atoms with Gasteiger partial charge in [-0.3, -0.25) is 10.1 Å². The summed E-state index contributed by atoms with van der Waals surface area (Å²) in [4.78, 5) is 15.6. The first-order valence-corrected chi connectivity index (χ1v) is 9.99. The maximum atomic E-state index is 11.4. The number of aromatic nitrogens is 1. The average molecular weight is 450 g/mol. The third-order valence-corrected chi connectivity index (χ3v) is 5.23. The van der Waals surface area contributed by atoms with Crippen LogP contribution in [0.5, 0.6) is 23.0 Å². The molecule has 0 fully saturated rings. The van der Waals surface area contributed by atoms with E-state index in [0.29, 0.717) is 51.8 Å². The van der Waals surface area contributed by atoms with Crippen LogP contribution >= 0.6 is 0 Å². The van der Waals surface area contributed by atoms with E-state index < -0.39 is 4.92 Å². The zero-order valence-electron chi connectivity index (χ0n) is 18.6. The number of methoxy groups -OCH3 is 4. The molecular formula is C24H22N2O7. The molecule has 3 aromatic carbocycles. The number of para-hydroxylation sites is 1. The molecule has 0 aliphatic carbocycles. The van der Waals surface area contributed by atoms with E-state index >= 15 is 0 Å². The summed E-state index contributed by atoms with van der Waals surface area (Å²) < 4.78 is 27.4. The van der Waals surface area contributed by atoms with Crippen molar-refractivity contribution in [3.8, 4) is 34.1 Å². The number of nitro groups is 1. The first-order valence-electron chi connectivity index (χ1n) is 9.99. The lowest BCUT2D eigenvalue weighted by Crippen LogP contribution is -1.97. The molecule has 0 atom stereocenters. The highest BCUT2D eigenvalue weighted by Gasteiger charge is 2.19. The second-order valence-electron chi connectivity index (χ2n) is 7.12. The van der Waals surface area contributed by atoms with Gasteiger partial charge >= 0.3 is 5.69 Å². The minimum atomic E-state index is -0.473. The molecule has 0 bridgehead atoms. The molecule has 0 spiro atoms. The molecule has 1 aromatic heterocycles. The third-order valence-electron chi connectivity index (χ3n) is 5.23. The Balaban J connectivity index is 1.75. The first-order chi connectivity index (χ1) is 16.0. The van der Waals surface area contributed by atoms with Gasteiger partial charge in [-0.15, -0.1) is 0 Å². The minimum Gasteiger partial charge on any atom is -0.493 e. The van der Waals surface area contributed by atoms with Crippen LogP contribution in [-0.2, 0) is 6.42 Å². The predicted molar refractivity (Wildman–Crippen MR) is 122 cm³/mol. The quantitative estimate of drug-likeness (QED) is 0.272. The number of fused-ring (bicyclic) bond motifs is 1. The Hall–Kier alpha value is -4.27. The molecule has 9 heteroatoms. The highest BCUT2D eigenvalue weighted by molar-refractivity contribution is 5.91. The molecule has 4 aromatic rings. The van der Waals surface area contributed by atoms with Crippen LogP contribution in [0.3, 0.4) is 0 Å². The van der Waals surface area contributed by atoms with Crippen molar-refractivity contribution in [2.45, 2.75) is 6.42 Å². The van der Waals surface area contributed by atoms with E-state index in [1.165, 1.54) is 13.2 Å². The summed E-state index contributed by atoms with van der Waals surface area (Å²) in [6.07, 6.45) is 0.383. The lowest BCUT2D eigenvalue weighted by atomic mass is 10.0. The van der Waals surface area contributed by atoms with Gasteiger partial charge in [0.15, 0.2) is 28.7 Å². The fourth-order valence-electron chi connectivity index (χ4n) is 3.71. The Morgan fingerprint density at radius 3 is 2.21 bits per heavy atom. The van der Waals surface area contributed by atoms with Crippen molar-refractivity contribution in [1.29, 1.82) is 0 Å². The van der Waals surface area contributed by atoms with Gasteiger partial charge in [0.2, 0.25) is 5.75 Å². The van der Waals surface area contributed by atoms with Crippen LogP contribution in [-0.4, -0.2) is 38.3 Å². The maximum absolute atomic E-state index is 11.4. The van der Waals surface area contributed by atoms with E-state index in [1.807, 2.05) is 30.3 Å². The van der Waals surface area contributed by atoms with E-state index in [1.54, 1.807) is 33.5 Å². The Labute approximate surface area is 189 Å². The van der Waals surface area contributed by atoms with Crippen LogP contribution in [0.2, 0.25) is 0 Å². The first kappa shape index (κ1) is 21.9.